The van der Waals surface area contributed by atoms with Gasteiger partial charge in [-0.3, -0.25) is 4.90 Å². The lowest BCUT2D eigenvalue weighted by atomic mass is 10.1. The van der Waals surface area contributed by atoms with E-state index in [4.69, 9.17) is 4.98 Å². The largest absolute Gasteiger partial charge is 0.303 e. The first kappa shape index (κ1) is 13.5. The van der Waals surface area contributed by atoms with Crippen LogP contribution < -0.4 is 0 Å². The van der Waals surface area contributed by atoms with Crippen LogP contribution in [0, 0.1) is 0 Å². The number of alkyl halides is 1. The summed E-state index contributed by atoms with van der Waals surface area (Å²) < 4.78 is 0. The molecule has 1 aromatic rings. The predicted octanol–water partition coefficient (Wildman–Crippen LogP) is 2.17. The second kappa shape index (κ2) is 5.46. The first-order valence-corrected chi connectivity index (χ1v) is 8.11. The zero-order valence-electron chi connectivity index (χ0n) is 11.6. The summed E-state index contributed by atoms with van der Waals surface area (Å²) in [5.74, 6) is 1.68. The van der Waals surface area contributed by atoms with Crippen LogP contribution in [0.4, 0.5) is 0 Å². The molecule has 0 N–H and O–H groups in total. The van der Waals surface area contributed by atoms with Crippen molar-refractivity contribution in [2.75, 3.05) is 33.7 Å². The monoisotopic (exact) mass is 324 g/mol. The number of nitrogens with zero attached hydrogens (tertiary/aromatic N) is 4. The van der Waals surface area contributed by atoms with Gasteiger partial charge in [-0.25, -0.2) is 9.97 Å². The van der Waals surface area contributed by atoms with Crippen molar-refractivity contribution in [3.63, 3.8) is 0 Å². The van der Waals surface area contributed by atoms with Crippen LogP contribution in [0.15, 0.2) is 6.20 Å². The van der Waals surface area contributed by atoms with Crippen molar-refractivity contribution in [3.05, 3.63) is 23.3 Å². The quantitative estimate of drug-likeness (QED) is 0.798. The topological polar surface area (TPSA) is 32.3 Å². The molecule has 5 heteroatoms. The van der Waals surface area contributed by atoms with Gasteiger partial charge in [0.2, 0.25) is 0 Å². The van der Waals surface area contributed by atoms with Gasteiger partial charge in [-0.15, -0.1) is 0 Å². The molecule has 1 aliphatic heterocycles. The summed E-state index contributed by atoms with van der Waals surface area (Å²) in [7, 11) is 4.35. The van der Waals surface area contributed by atoms with Gasteiger partial charge in [0.05, 0.1) is 11.7 Å². The highest BCUT2D eigenvalue weighted by molar-refractivity contribution is 9.08. The smallest absolute Gasteiger partial charge is 0.146 e. The van der Waals surface area contributed by atoms with Gasteiger partial charge in [0.1, 0.15) is 5.82 Å². The molecule has 2 aliphatic rings. The maximum Gasteiger partial charge on any atom is 0.146 e. The molecule has 1 unspecified atom stereocenters. The molecule has 0 amide bonds. The molecule has 1 saturated carbocycles. The highest BCUT2D eigenvalue weighted by Crippen LogP contribution is 2.41. The van der Waals surface area contributed by atoms with E-state index in [1.54, 1.807) is 0 Å². The molecule has 0 radical (unpaired) electrons. The highest BCUT2D eigenvalue weighted by Gasteiger charge is 2.31. The van der Waals surface area contributed by atoms with Crippen LogP contribution in [0.5, 0.6) is 0 Å². The van der Waals surface area contributed by atoms with Crippen molar-refractivity contribution in [1.29, 1.82) is 0 Å². The molecular formula is C14H21BrN4. The van der Waals surface area contributed by atoms with Crippen LogP contribution in [-0.4, -0.2) is 53.5 Å². The second-order valence-electron chi connectivity index (χ2n) is 5.81. The molecule has 1 aromatic heterocycles. The van der Waals surface area contributed by atoms with Crippen molar-refractivity contribution < 1.29 is 0 Å². The van der Waals surface area contributed by atoms with Crippen molar-refractivity contribution in [1.82, 2.24) is 19.8 Å². The van der Waals surface area contributed by atoms with Gasteiger partial charge < -0.3 is 4.90 Å². The zero-order valence-corrected chi connectivity index (χ0v) is 13.2. The summed E-state index contributed by atoms with van der Waals surface area (Å²) in [6, 6.07) is 0.334. The van der Waals surface area contributed by atoms with E-state index in [0.717, 1.165) is 30.8 Å². The molecule has 0 spiro atoms. The fourth-order valence-corrected chi connectivity index (χ4v) is 3.13. The summed E-state index contributed by atoms with van der Waals surface area (Å²) in [5, 5.41) is 0.861. The number of hydrogen-bond acceptors (Lipinski definition) is 4. The van der Waals surface area contributed by atoms with Crippen LogP contribution in [0.25, 0.3) is 0 Å². The lowest BCUT2D eigenvalue weighted by molar-refractivity contribution is 0.109. The number of likely N-dealkylation sites (N-methyl/N-ethyl adjacent to an activating group) is 2. The van der Waals surface area contributed by atoms with Crippen molar-refractivity contribution in [3.8, 4) is 0 Å². The van der Waals surface area contributed by atoms with E-state index >= 15 is 0 Å². The first-order chi connectivity index (χ1) is 9.19. The number of piperazine rings is 1. The number of hydrogen-bond donors (Lipinski definition) is 0. The minimum absolute atomic E-state index is 0.334. The number of aromatic nitrogens is 2. The molecule has 2 fully saturated rings. The Bertz CT molecular complexity index is 461. The van der Waals surface area contributed by atoms with Crippen LogP contribution in [-0.2, 0) is 5.33 Å². The van der Waals surface area contributed by atoms with Crippen LogP contribution >= 0.6 is 15.9 Å². The molecule has 1 atom stereocenters. The Hall–Kier alpha value is -0.520. The third kappa shape index (κ3) is 2.83. The lowest BCUT2D eigenvalue weighted by Crippen LogP contribution is -2.45. The lowest BCUT2D eigenvalue weighted by Gasteiger charge is -2.36. The SMILES string of the molecule is CN1CCN(C)C(c2ncc(CBr)c(C3CC3)n2)C1. The molecule has 4 nitrogen and oxygen atoms in total. The molecular weight excluding hydrogens is 304 g/mol. The normalized spacial score (nSPS) is 25.7. The summed E-state index contributed by atoms with van der Waals surface area (Å²) in [5.41, 5.74) is 2.54. The summed E-state index contributed by atoms with van der Waals surface area (Å²) in [6.45, 7) is 3.24. The molecule has 0 aromatic carbocycles. The molecule has 2 heterocycles. The van der Waals surface area contributed by atoms with E-state index in [9.17, 15) is 0 Å². The average Bonchev–Trinajstić information content (AvgIpc) is 3.25. The molecule has 0 bridgehead atoms. The Kier molecular flexibility index (Phi) is 3.87. The maximum absolute atomic E-state index is 4.90. The molecule has 1 aliphatic carbocycles. The van der Waals surface area contributed by atoms with Gasteiger partial charge in [-0.05, 0) is 26.9 Å². The Morgan fingerprint density at radius 3 is 2.79 bits per heavy atom. The maximum atomic E-state index is 4.90. The van der Waals surface area contributed by atoms with Crippen molar-refractivity contribution >= 4 is 15.9 Å². The highest BCUT2D eigenvalue weighted by atomic mass is 79.9. The second-order valence-corrected chi connectivity index (χ2v) is 6.37. The Balaban J connectivity index is 1.89. The Morgan fingerprint density at radius 1 is 1.32 bits per heavy atom. The average molecular weight is 325 g/mol. The van der Waals surface area contributed by atoms with E-state index in [1.165, 1.54) is 24.1 Å². The molecule has 104 valence electrons. The van der Waals surface area contributed by atoms with Gasteiger partial charge in [0, 0.05) is 42.6 Å². The van der Waals surface area contributed by atoms with E-state index < -0.39 is 0 Å². The van der Waals surface area contributed by atoms with E-state index in [0.29, 0.717) is 12.0 Å². The summed E-state index contributed by atoms with van der Waals surface area (Å²) in [4.78, 5) is 14.3. The zero-order chi connectivity index (χ0) is 13.4. The van der Waals surface area contributed by atoms with Crippen LogP contribution in [0.3, 0.4) is 0 Å². The summed E-state index contributed by atoms with van der Waals surface area (Å²) in [6.07, 6.45) is 4.60. The number of halogens is 1. The molecule has 3 rings (SSSR count). The van der Waals surface area contributed by atoms with E-state index in [2.05, 4.69) is 44.8 Å². The van der Waals surface area contributed by atoms with Crippen LogP contribution in [0.1, 0.15) is 41.9 Å². The molecule has 19 heavy (non-hydrogen) atoms. The van der Waals surface area contributed by atoms with Gasteiger partial charge in [0.25, 0.3) is 0 Å². The Morgan fingerprint density at radius 2 is 2.11 bits per heavy atom. The van der Waals surface area contributed by atoms with E-state index in [-0.39, 0.29) is 0 Å². The van der Waals surface area contributed by atoms with Crippen molar-refractivity contribution in [2.45, 2.75) is 30.1 Å². The van der Waals surface area contributed by atoms with E-state index in [1.807, 2.05) is 6.20 Å². The van der Waals surface area contributed by atoms with Gasteiger partial charge in [-0.2, -0.15) is 0 Å². The third-order valence-electron chi connectivity index (χ3n) is 4.17. The van der Waals surface area contributed by atoms with Gasteiger partial charge >= 0.3 is 0 Å². The predicted molar refractivity (Wildman–Crippen MR) is 79.5 cm³/mol. The minimum atomic E-state index is 0.334. The third-order valence-corrected chi connectivity index (χ3v) is 4.78. The number of rotatable bonds is 3. The Labute approximate surface area is 123 Å². The van der Waals surface area contributed by atoms with Crippen molar-refractivity contribution in [2.24, 2.45) is 0 Å². The molecule has 1 saturated heterocycles. The van der Waals surface area contributed by atoms with Gasteiger partial charge in [0.15, 0.2) is 0 Å². The standard InChI is InChI=1S/C14H21BrN4/c1-18-5-6-19(2)12(9-18)14-16-8-11(7-15)13(17-14)10-3-4-10/h8,10,12H,3-7,9H2,1-2H3. The fourth-order valence-electron chi connectivity index (χ4n) is 2.70. The van der Waals surface area contributed by atoms with Crippen LogP contribution in [0.2, 0.25) is 0 Å². The summed E-state index contributed by atoms with van der Waals surface area (Å²) >= 11 is 3.55. The fraction of sp³-hybridized carbons (Fsp3) is 0.714. The minimum Gasteiger partial charge on any atom is -0.303 e. The van der Waals surface area contributed by atoms with Gasteiger partial charge in [-0.1, -0.05) is 15.9 Å². The first-order valence-electron chi connectivity index (χ1n) is 6.99.